The van der Waals surface area contributed by atoms with Crippen molar-refractivity contribution in [1.82, 2.24) is 0 Å². The number of aliphatic hydroxyl groups is 1. The predicted octanol–water partition coefficient (Wildman–Crippen LogP) is 5.37. The minimum atomic E-state index is -1.34. The molecule has 0 radical (unpaired) electrons. The van der Waals surface area contributed by atoms with Crippen molar-refractivity contribution in [1.29, 1.82) is 0 Å². The normalized spacial score (nSPS) is 21.9. The Morgan fingerprint density at radius 1 is 0.881 bits per heavy atom. The number of amides is 1. The predicted molar refractivity (Wildman–Crippen MR) is 157 cm³/mol. The summed E-state index contributed by atoms with van der Waals surface area (Å²) in [6, 6.07) is 21.8. The monoisotopic (exact) mass is 597 g/mol. The summed E-state index contributed by atoms with van der Waals surface area (Å²) in [7, 11) is 0. The Morgan fingerprint density at radius 2 is 1.50 bits per heavy atom. The fraction of sp³-hybridized carbons (Fsp3) is 0.375. The third-order valence-electron chi connectivity index (χ3n) is 6.72. The van der Waals surface area contributed by atoms with Gasteiger partial charge in [-0.25, -0.2) is 4.79 Å². The highest BCUT2D eigenvalue weighted by atomic mass is 35.5. The molecular weight excluding hydrogens is 562 g/mol. The molecule has 0 bridgehead atoms. The van der Waals surface area contributed by atoms with Gasteiger partial charge in [0.1, 0.15) is 24.9 Å². The van der Waals surface area contributed by atoms with Gasteiger partial charge in [-0.05, 0) is 56.2 Å². The minimum absolute atomic E-state index is 0.0160. The van der Waals surface area contributed by atoms with Gasteiger partial charge >= 0.3 is 12.1 Å². The van der Waals surface area contributed by atoms with Crippen LogP contribution in [0.1, 0.15) is 29.2 Å². The largest absolute Gasteiger partial charge is 0.456 e. The molecule has 0 aromatic heterocycles. The first-order chi connectivity index (χ1) is 20.2. The molecule has 1 fully saturated rings. The molecule has 3 aromatic carbocycles. The molecular formula is C32H36ClNO8. The maximum absolute atomic E-state index is 13.0. The highest BCUT2D eigenvalue weighted by molar-refractivity contribution is 6.30. The number of nitrogens with one attached hydrogen (secondary N) is 1. The number of anilines is 1. The number of aryl methyl sites for hydroxylation is 2. The van der Waals surface area contributed by atoms with Crippen LogP contribution in [0.25, 0.3) is 0 Å². The van der Waals surface area contributed by atoms with Crippen LogP contribution in [0.2, 0.25) is 5.02 Å². The fourth-order valence-electron chi connectivity index (χ4n) is 4.44. The molecule has 1 saturated heterocycles. The minimum Gasteiger partial charge on any atom is -0.456 e. The number of hydrogen-bond donors (Lipinski definition) is 2. The van der Waals surface area contributed by atoms with E-state index < -0.39 is 42.8 Å². The zero-order valence-electron chi connectivity index (χ0n) is 23.8. The lowest BCUT2D eigenvalue weighted by Gasteiger charge is -2.43. The number of ether oxygens (including phenoxy) is 5. The maximum atomic E-state index is 13.0. The average Bonchev–Trinajstić information content (AvgIpc) is 2.97. The van der Waals surface area contributed by atoms with E-state index in [-0.39, 0.29) is 26.2 Å². The Labute approximate surface area is 250 Å². The number of hydrogen-bond acceptors (Lipinski definition) is 8. The Hall–Kier alpha value is -3.47. The van der Waals surface area contributed by atoms with Crippen molar-refractivity contribution in [3.05, 3.63) is 100 Å². The summed E-state index contributed by atoms with van der Waals surface area (Å²) < 4.78 is 29.1. The molecule has 224 valence electrons. The van der Waals surface area contributed by atoms with E-state index in [2.05, 4.69) is 5.32 Å². The molecule has 0 unspecified atom stereocenters. The molecule has 0 aliphatic carbocycles. The summed E-state index contributed by atoms with van der Waals surface area (Å²) in [5, 5.41) is 14.6. The van der Waals surface area contributed by atoms with Gasteiger partial charge in [-0.3, -0.25) is 10.1 Å². The molecule has 0 saturated carbocycles. The Balaban J connectivity index is 1.48. The molecule has 1 heterocycles. The summed E-state index contributed by atoms with van der Waals surface area (Å²) in [6.07, 6.45) is -6.34. The lowest BCUT2D eigenvalue weighted by Crippen LogP contribution is -2.61. The number of benzene rings is 3. The summed E-state index contributed by atoms with van der Waals surface area (Å²) in [5.74, 6) is -0.575. The van der Waals surface area contributed by atoms with E-state index in [9.17, 15) is 14.7 Å². The van der Waals surface area contributed by atoms with Crippen molar-refractivity contribution in [2.75, 3.05) is 18.5 Å². The van der Waals surface area contributed by atoms with Crippen LogP contribution in [0.3, 0.4) is 0 Å². The summed E-state index contributed by atoms with van der Waals surface area (Å²) in [6.45, 7) is 5.84. The number of aliphatic hydroxyl groups excluding tert-OH is 1. The van der Waals surface area contributed by atoms with Gasteiger partial charge < -0.3 is 28.8 Å². The highest BCUT2D eigenvalue weighted by Crippen LogP contribution is 2.28. The van der Waals surface area contributed by atoms with Crippen LogP contribution in [0.4, 0.5) is 10.5 Å². The quantitative estimate of drug-likeness (QED) is 0.284. The van der Waals surface area contributed by atoms with Gasteiger partial charge in [0.05, 0.1) is 13.0 Å². The van der Waals surface area contributed by atoms with Crippen LogP contribution < -0.4 is 5.32 Å². The maximum Gasteiger partial charge on any atom is 0.411 e. The molecule has 1 aliphatic heterocycles. The smallest absolute Gasteiger partial charge is 0.411 e. The van der Waals surface area contributed by atoms with E-state index in [0.717, 1.165) is 22.3 Å². The molecule has 9 nitrogen and oxygen atoms in total. The Bertz CT molecular complexity index is 1300. The van der Waals surface area contributed by atoms with E-state index in [0.29, 0.717) is 10.7 Å². The fourth-order valence-corrected chi connectivity index (χ4v) is 4.56. The molecule has 42 heavy (non-hydrogen) atoms. The van der Waals surface area contributed by atoms with Gasteiger partial charge in [-0.1, -0.05) is 71.3 Å². The third-order valence-corrected chi connectivity index (χ3v) is 6.97. The van der Waals surface area contributed by atoms with Crippen molar-refractivity contribution in [2.45, 2.75) is 64.5 Å². The molecule has 1 amide bonds. The molecule has 3 aromatic rings. The molecule has 5 atom stereocenters. The van der Waals surface area contributed by atoms with Crippen LogP contribution in [0, 0.1) is 13.8 Å². The summed E-state index contributed by atoms with van der Waals surface area (Å²) >= 11 is 5.91. The molecule has 2 N–H and O–H groups in total. The van der Waals surface area contributed by atoms with E-state index in [1.165, 1.54) is 0 Å². The zero-order chi connectivity index (χ0) is 30.1. The van der Waals surface area contributed by atoms with Crippen LogP contribution in [0.5, 0.6) is 0 Å². The Morgan fingerprint density at radius 3 is 2.12 bits per heavy atom. The number of esters is 1. The van der Waals surface area contributed by atoms with Crippen molar-refractivity contribution in [3.8, 4) is 0 Å². The third kappa shape index (κ3) is 9.01. The summed E-state index contributed by atoms with van der Waals surface area (Å²) in [4.78, 5) is 25.5. The first kappa shape index (κ1) is 31.5. The topological polar surface area (TPSA) is 113 Å². The van der Waals surface area contributed by atoms with Gasteiger partial charge in [0, 0.05) is 17.3 Å². The lowest BCUT2D eigenvalue weighted by atomic mass is 9.98. The SMILES string of the molecule is CCO[C@@H]1O[C@H](COC(=O)Nc2ccc(Cl)cc2)[C@@H](OC(=O)Cc2ccc(C)cc2)[C@H](O)[C@H]1OCc1ccc(C)cc1. The van der Waals surface area contributed by atoms with E-state index >= 15 is 0 Å². The van der Waals surface area contributed by atoms with Gasteiger partial charge in [0.2, 0.25) is 0 Å². The highest BCUT2D eigenvalue weighted by Gasteiger charge is 2.49. The standard InChI is InChI=1S/C32H36ClNO8/c1-4-38-31-30(39-18-23-11-7-21(3)8-12-23)28(36)29(42-27(35)17-22-9-5-20(2)6-10-22)26(41-31)19-40-32(37)34-25-15-13-24(33)14-16-25/h5-16,26,28-31,36H,4,17-19H2,1-3H3,(H,34,37)/t26-,28+,29-,30-,31-/m1/s1. The first-order valence-corrected chi connectivity index (χ1v) is 14.2. The number of carbonyl (C=O) groups excluding carboxylic acids is 2. The van der Waals surface area contributed by atoms with Gasteiger partial charge in [-0.15, -0.1) is 0 Å². The second kappa shape index (κ2) is 15.1. The zero-order valence-corrected chi connectivity index (χ0v) is 24.6. The van der Waals surface area contributed by atoms with Crippen LogP contribution >= 0.6 is 11.6 Å². The number of halogens is 1. The molecule has 0 spiro atoms. The van der Waals surface area contributed by atoms with Crippen molar-refractivity contribution in [3.63, 3.8) is 0 Å². The van der Waals surface area contributed by atoms with Crippen LogP contribution in [0.15, 0.2) is 72.8 Å². The second-order valence-corrected chi connectivity index (χ2v) is 10.5. The van der Waals surface area contributed by atoms with E-state index in [4.69, 9.17) is 35.3 Å². The number of rotatable bonds is 11. The summed E-state index contributed by atoms with van der Waals surface area (Å²) in [5.41, 5.74) is 4.29. The number of carbonyl (C=O) groups is 2. The van der Waals surface area contributed by atoms with Crippen LogP contribution in [-0.4, -0.2) is 61.1 Å². The van der Waals surface area contributed by atoms with Crippen molar-refractivity contribution >= 4 is 29.4 Å². The molecule has 10 heteroatoms. The van der Waals surface area contributed by atoms with Crippen molar-refractivity contribution in [2.24, 2.45) is 0 Å². The Kier molecular flexibility index (Phi) is 11.3. The van der Waals surface area contributed by atoms with Gasteiger partial charge in [0.15, 0.2) is 12.4 Å². The van der Waals surface area contributed by atoms with Crippen molar-refractivity contribution < 1.29 is 38.4 Å². The molecule has 1 aliphatic rings. The lowest BCUT2D eigenvalue weighted by molar-refractivity contribution is -0.312. The van der Waals surface area contributed by atoms with E-state index in [1.807, 2.05) is 62.4 Å². The second-order valence-electron chi connectivity index (χ2n) is 10.1. The van der Waals surface area contributed by atoms with Gasteiger partial charge in [0.25, 0.3) is 0 Å². The van der Waals surface area contributed by atoms with E-state index in [1.54, 1.807) is 31.2 Å². The van der Waals surface area contributed by atoms with Crippen LogP contribution in [-0.2, 0) is 41.5 Å². The molecule has 4 rings (SSSR count). The average molecular weight is 598 g/mol. The van der Waals surface area contributed by atoms with Gasteiger partial charge in [-0.2, -0.15) is 0 Å². The first-order valence-electron chi connectivity index (χ1n) is 13.8.